The second-order valence-electron chi connectivity index (χ2n) is 8.14. The third kappa shape index (κ3) is 5.52. The SMILES string of the molecule is CCOc1ccc(N2C(=O)NC(=O)/C(=C\c3ccc(OC)cc3OS(=O)(=O)c3ccc(C)cc3)C2=O)cc1. The van der Waals surface area contributed by atoms with Crippen LogP contribution in [-0.4, -0.2) is 40.0 Å². The Morgan fingerprint density at radius 3 is 2.21 bits per heavy atom. The average Bonchev–Trinajstić information content (AvgIpc) is 2.88. The summed E-state index contributed by atoms with van der Waals surface area (Å²) in [4.78, 5) is 39.2. The Kier molecular flexibility index (Phi) is 7.49. The summed E-state index contributed by atoms with van der Waals surface area (Å²) >= 11 is 0. The first-order valence-electron chi connectivity index (χ1n) is 11.5. The van der Waals surface area contributed by atoms with Crippen LogP contribution >= 0.6 is 0 Å². The number of anilines is 1. The number of ether oxygens (including phenoxy) is 2. The first kappa shape index (κ1) is 26.4. The summed E-state index contributed by atoms with van der Waals surface area (Å²) in [6.45, 7) is 4.08. The van der Waals surface area contributed by atoms with Gasteiger partial charge in [0.1, 0.15) is 22.0 Å². The molecule has 0 saturated carbocycles. The van der Waals surface area contributed by atoms with Crippen molar-refractivity contribution in [3.05, 3.63) is 83.4 Å². The van der Waals surface area contributed by atoms with Gasteiger partial charge in [-0.15, -0.1) is 0 Å². The van der Waals surface area contributed by atoms with Gasteiger partial charge in [0.25, 0.3) is 11.8 Å². The number of amides is 4. The number of nitrogens with one attached hydrogen (secondary N) is 1. The van der Waals surface area contributed by atoms with Gasteiger partial charge in [0.05, 0.1) is 19.4 Å². The molecule has 3 aromatic rings. The van der Waals surface area contributed by atoms with Crippen molar-refractivity contribution in [3.63, 3.8) is 0 Å². The van der Waals surface area contributed by atoms with Gasteiger partial charge in [-0.25, -0.2) is 9.69 Å². The number of barbiturate groups is 1. The molecule has 0 spiro atoms. The molecule has 4 rings (SSSR count). The number of nitrogens with zero attached hydrogens (tertiary/aromatic N) is 1. The number of hydrogen-bond donors (Lipinski definition) is 1. The fourth-order valence-electron chi connectivity index (χ4n) is 3.61. The van der Waals surface area contributed by atoms with Crippen LogP contribution in [0.2, 0.25) is 0 Å². The van der Waals surface area contributed by atoms with Crippen molar-refractivity contribution in [2.75, 3.05) is 18.6 Å². The minimum atomic E-state index is -4.26. The van der Waals surface area contributed by atoms with Crippen molar-refractivity contribution in [2.45, 2.75) is 18.7 Å². The highest BCUT2D eigenvalue weighted by Crippen LogP contribution is 2.31. The standard InChI is InChI=1S/C27H24N2O8S/c1-4-36-20-11-8-19(9-12-20)29-26(31)23(25(30)28-27(29)32)15-18-7-10-21(35-3)16-24(18)37-38(33,34)22-13-5-17(2)6-14-22/h5-16H,4H2,1-3H3,(H,28,30,32)/b23-15+. The zero-order valence-electron chi connectivity index (χ0n) is 20.8. The molecule has 1 aliphatic heterocycles. The summed E-state index contributed by atoms with van der Waals surface area (Å²) in [6.07, 6.45) is 1.16. The van der Waals surface area contributed by atoms with Crippen molar-refractivity contribution >= 4 is 39.7 Å². The lowest BCUT2D eigenvalue weighted by Crippen LogP contribution is -2.54. The Labute approximate surface area is 219 Å². The van der Waals surface area contributed by atoms with Crippen LogP contribution in [0.5, 0.6) is 17.2 Å². The Morgan fingerprint density at radius 2 is 1.58 bits per heavy atom. The minimum absolute atomic E-state index is 0.0803. The van der Waals surface area contributed by atoms with Crippen molar-refractivity contribution < 1.29 is 36.5 Å². The molecule has 1 fully saturated rings. The van der Waals surface area contributed by atoms with E-state index in [-0.39, 0.29) is 27.6 Å². The fourth-order valence-corrected chi connectivity index (χ4v) is 4.56. The van der Waals surface area contributed by atoms with Crippen molar-refractivity contribution in [2.24, 2.45) is 0 Å². The van der Waals surface area contributed by atoms with E-state index in [1.54, 1.807) is 24.3 Å². The van der Waals surface area contributed by atoms with Gasteiger partial charge in [0.15, 0.2) is 5.75 Å². The predicted molar refractivity (Wildman–Crippen MR) is 139 cm³/mol. The Bertz CT molecular complexity index is 1530. The van der Waals surface area contributed by atoms with E-state index in [9.17, 15) is 22.8 Å². The van der Waals surface area contributed by atoms with Gasteiger partial charge in [-0.1, -0.05) is 17.7 Å². The molecule has 4 amide bonds. The van der Waals surface area contributed by atoms with Crippen LogP contribution in [0.4, 0.5) is 10.5 Å². The van der Waals surface area contributed by atoms with Gasteiger partial charge >= 0.3 is 16.1 Å². The summed E-state index contributed by atoms with van der Waals surface area (Å²) in [7, 11) is -2.87. The molecule has 10 nitrogen and oxygen atoms in total. The van der Waals surface area contributed by atoms with E-state index in [1.807, 2.05) is 13.8 Å². The van der Waals surface area contributed by atoms with Crippen LogP contribution in [0.3, 0.4) is 0 Å². The lowest BCUT2D eigenvalue weighted by molar-refractivity contribution is -0.122. The molecule has 1 aliphatic rings. The monoisotopic (exact) mass is 536 g/mol. The van der Waals surface area contributed by atoms with Gasteiger partial charge in [0, 0.05) is 11.6 Å². The van der Waals surface area contributed by atoms with E-state index < -0.39 is 33.5 Å². The third-order valence-corrected chi connectivity index (χ3v) is 6.79. The summed E-state index contributed by atoms with van der Waals surface area (Å²) in [6, 6.07) is 15.6. The number of imide groups is 2. The minimum Gasteiger partial charge on any atom is -0.497 e. The number of benzene rings is 3. The number of carbonyl (C=O) groups excluding carboxylic acids is 3. The molecule has 1 heterocycles. The van der Waals surface area contributed by atoms with Crippen LogP contribution < -0.4 is 23.9 Å². The molecule has 0 aliphatic carbocycles. The highest BCUT2D eigenvalue weighted by atomic mass is 32.2. The molecule has 196 valence electrons. The molecule has 11 heteroatoms. The number of hydrogen-bond acceptors (Lipinski definition) is 8. The van der Waals surface area contributed by atoms with Crippen LogP contribution in [-0.2, 0) is 19.7 Å². The van der Waals surface area contributed by atoms with Crippen LogP contribution in [0.1, 0.15) is 18.1 Å². The normalized spacial score (nSPS) is 14.9. The lowest BCUT2D eigenvalue weighted by Gasteiger charge is -2.26. The molecule has 1 N–H and O–H groups in total. The Hall–Kier alpha value is -4.64. The van der Waals surface area contributed by atoms with E-state index in [0.717, 1.165) is 16.5 Å². The van der Waals surface area contributed by atoms with E-state index in [1.165, 1.54) is 49.6 Å². The second-order valence-corrected chi connectivity index (χ2v) is 9.69. The number of carbonyl (C=O) groups is 3. The maximum atomic E-state index is 13.3. The molecule has 0 radical (unpaired) electrons. The summed E-state index contributed by atoms with van der Waals surface area (Å²) in [5.41, 5.74) is 0.772. The Morgan fingerprint density at radius 1 is 0.921 bits per heavy atom. The van der Waals surface area contributed by atoms with E-state index in [2.05, 4.69) is 5.32 Å². The largest absolute Gasteiger partial charge is 0.497 e. The average molecular weight is 537 g/mol. The zero-order chi connectivity index (χ0) is 27.4. The van der Waals surface area contributed by atoms with Crippen molar-refractivity contribution in [1.82, 2.24) is 5.32 Å². The van der Waals surface area contributed by atoms with Gasteiger partial charge < -0.3 is 13.7 Å². The van der Waals surface area contributed by atoms with Crippen molar-refractivity contribution in [1.29, 1.82) is 0 Å². The van der Waals surface area contributed by atoms with Gasteiger partial charge in [-0.3, -0.25) is 14.9 Å². The molecular formula is C27H24N2O8S. The number of methoxy groups -OCH3 is 1. The fraction of sp³-hybridized carbons (Fsp3) is 0.148. The molecule has 0 unspecified atom stereocenters. The first-order valence-corrected chi connectivity index (χ1v) is 12.9. The lowest BCUT2D eigenvalue weighted by atomic mass is 10.1. The van der Waals surface area contributed by atoms with Crippen LogP contribution in [0.15, 0.2) is 77.2 Å². The number of rotatable bonds is 8. The van der Waals surface area contributed by atoms with E-state index in [4.69, 9.17) is 13.7 Å². The Balaban J connectivity index is 1.72. The van der Waals surface area contributed by atoms with Crippen LogP contribution in [0, 0.1) is 6.92 Å². The molecular weight excluding hydrogens is 512 g/mol. The molecule has 0 bridgehead atoms. The van der Waals surface area contributed by atoms with Gasteiger partial charge in [-0.05, 0) is 68.5 Å². The highest BCUT2D eigenvalue weighted by molar-refractivity contribution is 7.87. The summed E-state index contributed by atoms with van der Waals surface area (Å²) < 4.78 is 41.9. The van der Waals surface area contributed by atoms with E-state index in [0.29, 0.717) is 12.4 Å². The van der Waals surface area contributed by atoms with Gasteiger partial charge in [-0.2, -0.15) is 8.42 Å². The highest BCUT2D eigenvalue weighted by Gasteiger charge is 2.37. The first-order chi connectivity index (χ1) is 18.1. The van der Waals surface area contributed by atoms with Crippen molar-refractivity contribution in [3.8, 4) is 17.2 Å². The number of urea groups is 1. The van der Waals surface area contributed by atoms with E-state index >= 15 is 0 Å². The zero-order valence-corrected chi connectivity index (χ0v) is 21.6. The maximum absolute atomic E-state index is 13.3. The molecule has 3 aromatic carbocycles. The second kappa shape index (κ2) is 10.8. The predicted octanol–water partition coefficient (Wildman–Crippen LogP) is 3.84. The van der Waals surface area contributed by atoms with Crippen LogP contribution in [0.25, 0.3) is 6.08 Å². The topological polar surface area (TPSA) is 128 Å². The maximum Gasteiger partial charge on any atom is 0.339 e. The molecule has 0 atom stereocenters. The third-order valence-electron chi connectivity index (χ3n) is 5.54. The molecule has 38 heavy (non-hydrogen) atoms. The quantitative estimate of drug-likeness (QED) is 0.261. The summed E-state index contributed by atoms with van der Waals surface area (Å²) in [5, 5.41) is 2.13. The molecule has 1 saturated heterocycles. The number of aryl methyl sites for hydroxylation is 1. The molecule has 0 aromatic heterocycles. The summed E-state index contributed by atoms with van der Waals surface area (Å²) in [5.74, 6) is -1.19. The van der Waals surface area contributed by atoms with Gasteiger partial charge in [0.2, 0.25) is 0 Å². The smallest absolute Gasteiger partial charge is 0.339 e.